The summed E-state index contributed by atoms with van der Waals surface area (Å²) in [5.41, 5.74) is 5.81. The average molecular weight is 288 g/mol. The molecule has 0 bridgehead atoms. The van der Waals surface area contributed by atoms with Gasteiger partial charge in [-0.15, -0.1) is 0 Å². The van der Waals surface area contributed by atoms with E-state index in [1.165, 1.54) is 0 Å². The summed E-state index contributed by atoms with van der Waals surface area (Å²) in [6.07, 6.45) is 0.675. The maximum atomic E-state index is 11.6. The number of nitrogens with two attached hydrogens (primary N) is 1. The number of ether oxygens (including phenoxy) is 1. The van der Waals surface area contributed by atoms with E-state index in [0.717, 1.165) is 5.56 Å². The normalized spacial score (nSPS) is 21.4. The van der Waals surface area contributed by atoms with Crippen LogP contribution in [0.5, 0.6) is 0 Å². The molecule has 1 aromatic rings. The molecule has 1 aromatic carbocycles. The highest BCUT2D eigenvalue weighted by Gasteiger charge is 2.45. The van der Waals surface area contributed by atoms with E-state index in [2.05, 4.69) is 0 Å². The lowest BCUT2D eigenvalue weighted by Gasteiger charge is -2.03. The number of carbonyl (C=O) groups excluding carboxylic acids is 2. The van der Waals surface area contributed by atoms with Gasteiger partial charge in [-0.2, -0.15) is 0 Å². The molecule has 2 N–H and O–H groups in total. The predicted octanol–water partition coefficient (Wildman–Crippen LogP) is 2.13. The lowest BCUT2D eigenvalue weighted by molar-refractivity contribution is -0.149. The van der Waals surface area contributed by atoms with Crippen LogP contribution in [0.15, 0.2) is 18.2 Å². The van der Waals surface area contributed by atoms with Crippen LogP contribution in [-0.4, -0.2) is 18.5 Å². The summed E-state index contributed by atoms with van der Waals surface area (Å²) in [6, 6.07) is 5.19. The first-order valence-electron chi connectivity index (χ1n) is 5.38. The molecule has 6 heteroatoms. The van der Waals surface area contributed by atoms with E-state index >= 15 is 0 Å². The van der Waals surface area contributed by atoms with Crippen LogP contribution in [0.25, 0.3) is 0 Å². The zero-order valence-electron chi connectivity index (χ0n) is 9.36. The first-order valence-corrected chi connectivity index (χ1v) is 6.14. The Morgan fingerprint density at radius 1 is 1.28 bits per heavy atom. The van der Waals surface area contributed by atoms with Crippen molar-refractivity contribution in [3.05, 3.63) is 33.8 Å². The fourth-order valence-electron chi connectivity index (χ4n) is 1.86. The molecular weight excluding hydrogens is 277 g/mol. The fourth-order valence-corrected chi connectivity index (χ4v) is 2.41. The second-order valence-electron chi connectivity index (χ2n) is 4.23. The molecule has 1 saturated carbocycles. The van der Waals surface area contributed by atoms with E-state index in [-0.39, 0.29) is 18.4 Å². The Bertz CT molecular complexity index is 484. The van der Waals surface area contributed by atoms with Crippen LogP contribution in [0.1, 0.15) is 17.9 Å². The van der Waals surface area contributed by atoms with Gasteiger partial charge in [0.2, 0.25) is 0 Å². The van der Waals surface area contributed by atoms with Gasteiger partial charge in [-0.1, -0.05) is 23.2 Å². The van der Waals surface area contributed by atoms with Crippen molar-refractivity contribution in [1.29, 1.82) is 0 Å². The highest BCUT2D eigenvalue weighted by Crippen LogP contribution is 2.49. The van der Waals surface area contributed by atoms with Gasteiger partial charge in [0.25, 0.3) is 5.91 Å². The average Bonchev–Trinajstić information content (AvgIpc) is 3.04. The maximum Gasteiger partial charge on any atom is 0.310 e. The summed E-state index contributed by atoms with van der Waals surface area (Å²) in [7, 11) is 0. The van der Waals surface area contributed by atoms with Crippen LogP contribution in [0, 0.1) is 5.92 Å². The van der Waals surface area contributed by atoms with Gasteiger partial charge in [-0.05, 0) is 36.1 Å². The number of hydrogen-bond donors (Lipinski definition) is 1. The van der Waals surface area contributed by atoms with E-state index in [4.69, 9.17) is 33.7 Å². The number of amides is 1. The molecule has 1 aliphatic carbocycles. The molecule has 0 unspecified atom stereocenters. The monoisotopic (exact) mass is 287 g/mol. The topological polar surface area (TPSA) is 69.4 Å². The van der Waals surface area contributed by atoms with Crippen molar-refractivity contribution < 1.29 is 14.3 Å². The summed E-state index contributed by atoms with van der Waals surface area (Å²) in [4.78, 5) is 22.1. The van der Waals surface area contributed by atoms with Crippen LogP contribution in [0.4, 0.5) is 0 Å². The Morgan fingerprint density at radius 2 is 1.89 bits per heavy atom. The third kappa shape index (κ3) is 3.15. The van der Waals surface area contributed by atoms with Gasteiger partial charge in [0.05, 0.1) is 5.92 Å². The van der Waals surface area contributed by atoms with E-state index in [1.807, 2.05) is 0 Å². The first kappa shape index (κ1) is 13.2. The molecule has 0 saturated heterocycles. The lowest BCUT2D eigenvalue weighted by atomic mass is 10.1. The largest absolute Gasteiger partial charge is 0.455 e. The third-order valence-corrected chi connectivity index (χ3v) is 3.20. The van der Waals surface area contributed by atoms with Gasteiger partial charge >= 0.3 is 5.97 Å². The number of rotatable bonds is 4. The van der Waals surface area contributed by atoms with Gasteiger partial charge in [0, 0.05) is 10.0 Å². The molecule has 1 fully saturated rings. The van der Waals surface area contributed by atoms with Crippen LogP contribution in [-0.2, 0) is 14.3 Å². The minimum Gasteiger partial charge on any atom is -0.455 e. The molecule has 18 heavy (non-hydrogen) atoms. The third-order valence-electron chi connectivity index (χ3n) is 2.76. The number of carbonyl (C=O) groups is 2. The molecule has 1 amide bonds. The highest BCUT2D eigenvalue weighted by molar-refractivity contribution is 6.34. The quantitative estimate of drug-likeness (QED) is 0.863. The van der Waals surface area contributed by atoms with Crippen molar-refractivity contribution in [3.8, 4) is 0 Å². The number of primary amides is 1. The van der Waals surface area contributed by atoms with Crippen LogP contribution in [0.3, 0.4) is 0 Å². The van der Waals surface area contributed by atoms with E-state index in [1.54, 1.807) is 18.2 Å². The van der Waals surface area contributed by atoms with Crippen molar-refractivity contribution >= 4 is 35.1 Å². The van der Waals surface area contributed by atoms with Crippen LogP contribution < -0.4 is 5.73 Å². The zero-order chi connectivity index (χ0) is 13.3. The van der Waals surface area contributed by atoms with Gasteiger partial charge < -0.3 is 10.5 Å². The number of esters is 1. The predicted molar refractivity (Wildman–Crippen MR) is 67.5 cm³/mol. The second-order valence-corrected chi connectivity index (χ2v) is 5.10. The Balaban J connectivity index is 1.98. The van der Waals surface area contributed by atoms with E-state index in [9.17, 15) is 9.59 Å². The van der Waals surface area contributed by atoms with Crippen LogP contribution in [0.2, 0.25) is 10.0 Å². The molecule has 4 nitrogen and oxygen atoms in total. The van der Waals surface area contributed by atoms with Gasteiger partial charge in [0.15, 0.2) is 6.61 Å². The summed E-state index contributed by atoms with van der Waals surface area (Å²) in [5, 5.41) is 1.07. The maximum absolute atomic E-state index is 11.6. The summed E-state index contributed by atoms with van der Waals surface area (Å²) in [5.74, 6) is -1.25. The zero-order valence-corrected chi connectivity index (χ0v) is 10.9. The molecule has 1 aliphatic rings. The second kappa shape index (κ2) is 5.16. The lowest BCUT2D eigenvalue weighted by Crippen LogP contribution is -2.21. The van der Waals surface area contributed by atoms with Crippen molar-refractivity contribution in [2.24, 2.45) is 11.7 Å². The summed E-state index contributed by atoms with van der Waals surface area (Å²) >= 11 is 11.8. The number of halogens is 2. The molecule has 0 spiro atoms. The first-order chi connectivity index (χ1) is 8.47. The van der Waals surface area contributed by atoms with Gasteiger partial charge in [-0.25, -0.2) is 0 Å². The van der Waals surface area contributed by atoms with E-state index < -0.39 is 11.9 Å². The molecule has 2 atom stereocenters. The number of benzene rings is 1. The van der Waals surface area contributed by atoms with E-state index in [0.29, 0.717) is 16.5 Å². The minimum absolute atomic E-state index is 0.0570. The highest BCUT2D eigenvalue weighted by atomic mass is 35.5. The summed E-state index contributed by atoms with van der Waals surface area (Å²) in [6.45, 7) is -0.377. The Morgan fingerprint density at radius 3 is 2.44 bits per heavy atom. The molecule has 0 aromatic heterocycles. The van der Waals surface area contributed by atoms with Crippen molar-refractivity contribution in [3.63, 3.8) is 0 Å². The summed E-state index contributed by atoms with van der Waals surface area (Å²) < 4.78 is 4.76. The molecule has 96 valence electrons. The Labute approximate surface area is 114 Å². The van der Waals surface area contributed by atoms with Crippen molar-refractivity contribution in [1.82, 2.24) is 0 Å². The number of hydrogen-bond acceptors (Lipinski definition) is 3. The van der Waals surface area contributed by atoms with Gasteiger partial charge in [-0.3, -0.25) is 9.59 Å². The smallest absolute Gasteiger partial charge is 0.310 e. The SMILES string of the molecule is NC(=O)COC(=O)[C@@H]1C[C@@H]1c1cc(Cl)cc(Cl)c1. The molecule has 0 heterocycles. The van der Waals surface area contributed by atoms with Crippen molar-refractivity contribution in [2.75, 3.05) is 6.61 Å². The fraction of sp³-hybridized carbons (Fsp3) is 0.333. The Kier molecular flexibility index (Phi) is 3.78. The molecule has 0 radical (unpaired) electrons. The molecular formula is C12H11Cl2NO3. The Hall–Kier alpha value is -1.26. The van der Waals surface area contributed by atoms with Gasteiger partial charge in [0.1, 0.15) is 0 Å². The van der Waals surface area contributed by atoms with Crippen molar-refractivity contribution in [2.45, 2.75) is 12.3 Å². The molecule has 0 aliphatic heterocycles. The molecule has 2 rings (SSSR count). The minimum atomic E-state index is -0.661. The van der Waals surface area contributed by atoms with Crippen LogP contribution >= 0.6 is 23.2 Å². The standard InChI is InChI=1S/C12H11Cl2NO3/c13-7-1-6(2-8(14)3-7)9-4-10(9)12(17)18-5-11(15)16/h1-3,9-10H,4-5H2,(H2,15,16)/t9-,10-/m1/s1.